The molecule has 6 nitrogen and oxygen atoms in total. The minimum atomic E-state index is -0.0415. The third-order valence-corrected chi connectivity index (χ3v) is 3.98. The van der Waals surface area contributed by atoms with E-state index in [0.717, 1.165) is 28.3 Å². The van der Waals surface area contributed by atoms with Crippen LogP contribution in [0.2, 0.25) is 0 Å². The van der Waals surface area contributed by atoms with Crippen LogP contribution in [0.4, 0.5) is 5.69 Å². The van der Waals surface area contributed by atoms with Crippen LogP contribution in [0.1, 0.15) is 24.5 Å². The zero-order chi connectivity index (χ0) is 17.6. The predicted molar refractivity (Wildman–Crippen MR) is 99.1 cm³/mol. The molecule has 128 valence electrons. The molecule has 0 bridgehead atoms. The normalized spacial score (nSPS) is 17.1. The zero-order valence-electron chi connectivity index (χ0n) is 14.2. The van der Waals surface area contributed by atoms with Crippen molar-refractivity contribution in [3.63, 3.8) is 0 Å². The van der Waals surface area contributed by atoms with Gasteiger partial charge in [0.1, 0.15) is 5.75 Å². The monoisotopic (exact) mass is 336 g/mol. The number of anilines is 1. The molecule has 1 amide bonds. The minimum absolute atomic E-state index is 0.0415. The molecule has 1 aliphatic heterocycles. The van der Waals surface area contributed by atoms with Gasteiger partial charge in [-0.1, -0.05) is 31.2 Å². The second-order valence-corrected chi connectivity index (χ2v) is 5.83. The Morgan fingerprint density at radius 3 is 2.72 bits per heavy atom. The summed E-state index contributed by atoms with van der Waals surface area (Å²) in [6, 6.07) is 15.5. The standard InChI is InChI=1S/C19H20N4O2/c1-13-11-18(24)22-23-19(13)14-7-9-16(10-8-14)21-20-12-15-5-3-4-6-17(15)25-2/h3-10,12-13,21H,11H2,1-2H3,(H,22,24)/b20-12+. The highest BCUT2D eigenvalue weighted by atomic mass is 16.5. The number of carbonyl (C=O) groups excluding carboxylic acids is 1. The van der Waals surface area contributed by atoms with Crippen LogP contribution >= 0.6 is 0 Å². The van der Waals surface area contributed by atoms with Crippen LogP contribution in [-0.2, 0) is 4.79 Å². The lowest BCUT2D eigenvalue weighted by Gasteiger charge is -2.19. The van der Waals surface area contributed by atoms with E-state index >= 15 is 0 Å². The Morgan fingerprint density at radius 1 is 1.24 bits per heavy atom. The fourth-order valence-corrected chi connectivity index (χ4v) is 2.67. The van der Waals surface area contributed by atoms with Crippen molar-refractivity contribution in [1.29, 1.82) is 0 Å². The van der Waals surface area contributed by atoms with Crippen molar-refractivity contribution in [3.8, 4) is 5.75 Å². The molecule has 1 heterocycles. The van der Waals surface area contributed by atoms with Crippen LogP contribution in [0.5, 0.6) is 5.75 Å². The SMILES string of the molecule is COc1ccccc1/C=N/Nc1ccc(C2=NNC(=O)CC2C)cc1. The molecule has 6 heteroatoms. The average Bonchev–Trinajstić information content (AvgIpc) is 2.63. The van der Waals surface area contributed by atoms with Crippen molar-refractivity contribution in [2.45, 2.75) is 13.3 Å². The van der Waals surface area contributed by atoms with Crippen LogP contribution in [0.25, 0.3) is 0 Å². The van der Waals surface area contributed by atoms with Gasteiger partial charge in [0.15, 0.2) is 0 Å². The van der Waals surface area contributed by atoms with Gasteiger partial charge in [0.05, 0.1) is 24.7 Å². The van der Waals surface area contributed by atoms with Crippen molar-refractivity contribution in [3.05, 3.63) is 59.7 Å². The van der Waals surface area contributed by atoms with Crippen molar-refractivity contribution >= 4 is 23.5 Å². The van der Waals surface area contributed by atoms with E-state index in [1.807, 2.05) is 55.5 Å². The number of rotatable bonds is 5. The first-order valence-electron chi connectivity index (χ1n) is 8.06. The number of benzene rings is 2. The summed E-state index contributed by atoms with van der Waals surface area (Å²) in [5.41, 5.74) is 9.18. The summed E-state index contributed by atoms with van der Waals surface area (Å²) in [4.78, 5) is 11.3. The molecule has 0 spiro atoms. The molecule has 1 atom stereocenters. The van der Waals surface area contributed by atoms with Gasteiger partial charge in [0.25, 0.3) is 0 Å². The van der Waals surface area contributed by atoms with E-state index < -0.39 is 0 Å². The van der Waals surface area contributed by atoms with Gasteiger partial charge in [0, 0.05) is 17.9 Å². The first-order valence-corrected chi connectivity index (χ1v) is 8.06. The maximum atomic E-state index is 11.3. The average molecular weight is 336 g/mol. The van der Waals surface area contributed by atoms with E-state index in [9.17, 15) is 4.79 Å². The molecular weight excluding hydrogens is 316 g/mol. The van der Waals surface area contributed by atoms with E-state index in [2.05, 4.69) is 21.1 Å². The van der Waals surface area contributed by atoms with Gasteiger partial charge in [-0.3, -0.25) is 10.2 Å². The second-order valence-electron chi connectivity index (χ2n) is 5.83. The fourth-order valence-electron chi connectivity index (χ4n) is 2.67. The highest BCUT2D eigenvalue weighted by molar-refractivity contribution is 6.05. The van der Waals surface area contributed by atoms with Crippen LogP contribution < -0.4 is 15.6 Å². The summed E-state index contributed by atoms with van der Waals surface area (Å²) in [6.07, 6.45) is 2.18. The third-order valence-electron chi connectivity index (χ3n) is 3.98. The van der Waals surface area contributed by atoms with E-state index in [4.69, 9.17) is 4.74 Å². The highest BCUT2D eigenvalue weighted by Gasteiger charge is 2.21. The molecule has 1 unspecified atom stereocenters. The molecule has 2 aromatic rings. The number of ether oxygens (including phenoxy) is 1. The Morgan fingerprint density at radius 2 is 2.00 bits per heavy atom. The summed E-state index contributed by atoms with van der Waals surface area (Å²) >= 11 is 0. The number of carbonyl (C=O) groups is 1. The maximum absolute atomic E-state index is 11.3. The second kappa shape index (κ2) is 7.61. The Hall–Kier alpha value is -3.15. The molecule has 0 saturated heterocycles. The van der Waals surface area contributed by atoms with Crippen LogP contribution in [0.15, 0.2) is 58.7 Å². The van der Waals surface area contributed by atoms with E-state index in [1.54, 1.807) is 13.3 Å². The van der Waals surface area contributed by atoms with Gasteiger partial charge in [-0.2, -0.15) is 10.2 Å². The maximum Gasteiger partial charge on any atom is 0.240 e. The number of hydrazone groups is 2. The van der Waals surface area contributed by atoms with Crippen LogP contribution in [0.3, 0.4) is 0 Å². The fraction of sp³-hybridized carbons (Fsp3) is 0.211. The van der Waals surface area contributed by atoms with Gasteiger partial charge in [-0.05, 0) is 29.8 Å². The summed E-state index contributed by atoms with van der Waals surface area (Å²) in [5.74, 6) is 0.839. The zero-order valence-corrected chi connectivity index (χ0v) is 14.2. The van der Waals surface area contributed by atoms with Gasteiger partial charge in [-0.15, -0.1) is 0 Å². The number of nitrogens with zero attached hydrogens (tertiary/aromatic N) is 2. The molecule has 0 aliphatic carbocycles. The number of para-hydroxylation sites is 1. The predicted octanol–water partition coefficient (Wildman–Crippen LogP) is 3.00. The van der Waals surface area contributed by atoms with Crippen molar-refractivity contribution in [2.75, 3.05) is 12.5 Å². The Labute approximate surface area is 146 Å². The highest BCUT2D eigenvalue weighted by Crippen LogP contribution is 2.19. The van der Waals surface area contributed by atoms with Gasteiger partial charge in [-0.25, -0.2) is 5.43 Å². The molecule has 25 heavy (non-hydrogen) atoms. The van der Waals surface area contributed by atoms with Crippen LogP contribution in [-0.4, -0.2) is 24.9 Å². The number of methoxy groups -OCH3 is 1. The van der Waals surface area contributed by atoms with Crippen molar-refractivity contribution in [1.82, 2.24) is 5.43 Å². The lowest BCUT2D eigenvalue weighted by molar-refractivity contribution is -0.121. The van der Waals surface area contributed by atoms with Gasteiger partial charge < -0.3 is 4.74 Å². The topological polar surface area (TPSA) is 75.1 Å². The summed E-state index contributed by atoms with van der Waals surface area (Å²) in [6.45, 7) is 2.00. The quantitative estimate of drug-likeness (QED) is 0.651. The van der Waals surface area contributed by atoms with Gasteiger partial charge >= 0.3 is 0 Å². The largest absolute Gasteiger partial charge is 0.496 e. The molecular formula is C19H20N4O2. The Bertz CT molecular complexity index is 812. The smallest absolute Gasteiger partial charge is 0.240 e. The van der Waals surface area contributed by atoms with Crippen molar-refractivity contribution < 1.29 is 9.53 Å². The van der Waals surface area contributed by atoms with Crippen LogP contribution in [0, 0.1) is 5.92 Å². The first-order chi connectivity index (χ1) is 12.2. The molecule has 0 fully saturated rings. The van der Waals surface area contributed by atoms with E-state index in [-0.39, 0.29) is 11.8 Å². The minimum Gasteiger partial charge on any atom is -0.496 e. The summed E-state index contributed by atoms with van der Waals surface area (Å²) in [5, 5.41) is 8.41. The van der Waals surface area contributed by atoms with E-state index in [1.165, 1.54) is 0 Å². The van der Waals surface area contributed by atoms with Gasteiger partial charge in [0.2, 0.25) is 5.91 Å². The molecule has 2 N–H and O–H groups in total. The molecule has 3 rings (SSSR count). The lowest BCUT2D eigenvalue weighted by atomic mass is 9.94. The number of hydrogen-bond donors (Lipinski definition) is 2. The summed E-state index contributed by atoms with van der Waals surface area (Å²) < 4.78 is 5.29. The Kier molecular flexibility index (Phi) is 5.09. The molecule has 1 aliphatic rings. The molecule has 0 saturated carbocycles. The lowest BCUT2D eigenvalue weighted by Crippen LogP contribution is -2.31. The van der Waals surface area contributed by atoms with Crippen molar-refractivity contribution in [2.24, 2.45) is 16.1 Å². The summed E-state index contributed by atoms with van der Waals surface area (Å²) in [7, 11) is 1.64. The first kappa shape index (κ1) is 16.7. The number of hydrogen-bond acceptors (Lipinski definition) is 5. The number of amides is 1. The van der Waals surface area contributed by atoms with E-state index in [0.29, 0.717) is 6.42 Å². The number of nitrogens with one attached hydrogen (secondary N) is 2. The molecule has 0 radical (unpaired) electrons. The molecule has 2 aromatic carbocycles. The third kappa shape index (κ3) is 4.03. The Balaban J connectivity index is 1.67. The molecule has 0 aromatic heterocycles.